The van der Waals surface area contributed by atoms with E-state index < -0.39 is 0 Å². The van der Waals surface area contributed by atoms with Gasteiger partial charge in [0, 0.05) is 28.9 Å². The summed E-state index contributed by atoms with van der Waals surface area (Å²) in [4.78, 5) is 9.75. The molecule has 2 aliphatic heterocycles. The Bertz CT molecular complexity index is 1000. The highest BCUT2D eigenvalue weighted by Crippen LogP contribution is 2.57. The molecule has 0 amide bonds. The molecule has 3 heteroatoms. The van der Waals surface area contributed by atoms with E-state index in [0.29, 0.717) is 5.92 Å². The van der Waals surface area contributed by atoms with Crippen LogP contribution in [0.3, 0.4) is 0 Å². The minimum atomic E-state index is 0.118. The van der Waals surface area contributed by atoms with Gasteiger partial charge in [-0.3, -0.25) is 0 Å². The maximum absolute atomic E-state index is 4.81. The van der Waals surface area contributed by atoms with Gasteiger partial charge in [-0.05, 0) is 42.3 Å². The highest BCUT2D eigenvalue weighted by atomic mass is 15.5. The molecule has 148 valence electrons. The number of hydrogen-bond donors (Lipinski definition) is 0. The first-order valence-electron chi connectivity index (χ1n) is 10.3. The standard InChI is InChI=1S/C24H25N3.C2H4/c1-4-24(3)17(2)23-26(18-11-6-5-7-12-18)22-21(15-10-16-25-22)27(23)20-14-9-8-13-19(20)24;1-2/h5-17,23H,4H2,1-3H3;1-2H2. The van der Waals surface area contributed by atoms with Crippen LogP contribution in [0, 0.1) is 5.92 Å². The molecule has 5 rings (SSSR count). The molecule has 3 aromatic rings. The number of benzene rings is 2. The SMILES string of the molecule is C=C.CCC1(C)c2ccccc2N2c3cccnc3N(c3ccccc3)C2C1C. The van der Waals surface area contributed by atoms with Crippen molar-refractivity contribution in [2.75, 3.05) is 9.80 Å². The summed E-state index contributed by atoms with van der Waals surface area (Å²) < 4.78 is 0. The van der Waals surface area contributed by atoms with Crippen molar-refractivity contribution >= 4 is 22.9 Å². The van der Waals surface area contributed by atoms with Crippen LogP contribution >= 0.6 is 0 Å². The van der Waals surface area contributed by atoms with Crippen molar-refractivity contribution in [3.05, 3.63) is 91.6 Å². The second-order valence-corrected chi connectivity index (χ2v) is 7.91. The molecular formula is C26H29N3. The lowest BCUT2D eigenvalue weighted by atomic mass is 9.66. The minimum Gasteiger partial charge on any atom is -0.316 e. The summed E-state index contributed by atoms with van der Waals surface area (Å²) in [5.41, 5.74) is 5.28. The van der Waals surface area contributed by atoms with Crippen molar-refractivity contribution in [2.45, 2.75) is 38.8 Å². The second-order valence-electron chi connectivity index (χ2n) is 7.91. The predicted molar refractivity (Wildman–Crippen MR) is 123 cm³/mol. The predicted octanol–water partition coefficient (Wildman–Crippen LogP) is 6.82. The fraction of sp³-hybridized carbons (Fsp3) is 0.269. The lowest BCUT2D eigenvalue weighted by Gasteiger charge is -2.51. The molecule has 0 aliphatic carbocycles. The molecule has 2 aliphatic rings. The molecule has 3 nitrogen and oxygen atoms in total. The number of aromatic nitrogens is 1. The zero-order chi connectivity index (χ0) is 20.6. The number of rotatable bonds is 2. The summed E-state index contributed by atoms with van der Waals surface area (Å²) in [5.74, 6) is 1.49. The van der Waals surface area contributed by atoms with Gasteiger partial charge >= 0.3 is 0 Å². The monoisotopic (exact) mass is 383 g/mol. The summed E-state index contributed by atoms with van der Waals surface area (Å²) in [5, 5.41) is 0. The van der Waals surface area contributed by atoms with E-state index in [-0.39, 0.29) is 11.6 Å². The molecule has 0 saturated heterocycles. The van der Waals surface area contributed by atoms with E-state index in [1.165, 1.54) is 22.6 Å². The molecule has 0 bridgehead atoms. The molecule has 0 spiro atoms. The zero-order valence-corrected chi connectivity index (χ0v) is 17.5. The van der Waals surface area contributed by atoms with E-state index in [2.05, 4.69) is 104 Å². The third-order valence-corrected chi connectivity index (χ3v) is 6.78. The van der Waals surface area contributed by atoms with Crippen molar-refractivity contribution in [1.82, 2.24) is 4.98 Å². The Hall–Kier alpha value is -3.07. The fourth-order valence-corrected chi connectivity index (χ4v) is 4.98. The molecule has 3 heterocycles. The van der Waals surface area contributed by atoms with Crippen molar-refractivity contribution in [2.24, 2.45) is 5.92 Å². The Morgan fingerprint density at radius 2 is 1.55 bits per heavy atom. The molecule has 0 N–H and O–H groups in total. The normalized spacial score (nSPS) is 24.1. The summed E-state index contributed by atoms with van der Waals surface area (Å²) in [6.07, 6.45) is 3.24. The van der Waals surface area contributed by atoms with Gasteiger partial charge in [0.05, 0.1) is 5.69 Å². The van der Waals surface area contributed by atoms with Crippen LogP contribution in [0.1, 0.15) is 32.8 Å². The van der Waals surface area contributed by atoms with Crippen LogP contribution in [0.25, 0.3) is 0 Å². The molecule has 3 atom stereocenters. The summed E-state index contributed by atoms with van der Waals surface area (Å²) in [7, 11) is 0. The molecular weight excluding hydrogens is 354 g/mol. The molecule has 0 fully saturated rings. The Labute approximate surface area is 174 Å². The quantitative estimate of drug-likeness (QED) is 0.453. The van der Waals surface area contributed by atoms with Crippen LogP contribution in [-0.2, 0) is 5.41 Å². The Balaban J connectivity index is 0.000000994. The third kappa shape index (κ3) is 2.68. The van der Waals surface area contributed by atoms with E-state index >= 15 is 0 Å². The molecule has 3 unspecified atom stereocenters. The Morgan fingerprint density at radius 1 is 0.897 bits per heavy atom. The number of fused-ring (bicyclic) bond motifs is 5. The molecule has 29 heavy (non-hydrogen) atoms. The first kappa shape index (κ1) is 19.3. The largest absolute Gasteiger partial charge is 0.316 e. The average Bonchev–Trinajstić information content (AvgIpc) is 3.15. The maximum atomic E-state index is 4.81. The van der Waals surface area contributed by atoms with Gasteiger partial charge < -0.3 is 9.80 Å². The Kier molecular flexibility index (Phi) is 4.91. The summed E-state index contributed by atoms with van der Waals surface area (Å²) in [6, 6.07) is 23.9. The van der Waals surface area contributed by atoms with Gasteiger partial charge in [0.25, 0.3) is 0 Å². The van der Waals surface area contributed by atoms with E-state index in [1.807, 2.05) is 12.3 Å². The van der Waals surface area contributed by atoms with E-state index in [0.717, 1.165) is 12.2 Å². The highest BCUT2D eigenvalue weighted by Gasteiger charge is 2.52. The van der Waals surface area contributed by atoms with Crippen LogP contribution in [-0.4, -0.2) is 11.1 Å². The van der Waals surface area contributed by atoms with Crippen LogP contribution < -0.4 is 9.80 Å². The first-order chi connectivity index (χ1) is 14.2. The summed E-state index contributed by atoms with van der Waals surface area (Å²) >= 11 is 0. The number of pyridine rings is 1. The fourth-order valence-electron chi connectivity index (χ4n) is 4.98. The van der Waals surface area contributed by atoms with Crippen LogP contribution in [0.5, 0.6) is 0 Å². The van der Waals surface area contributed by atoms with Crippen molar-refractivity contribution in [1.29, 1.82) is 0 Å². The van der Waals surface area contributed by atoms with Crippen LogP contribution in [0.2, 0.25) is 0 Å². The highest BCUT2D eigenvalue weighted by molar-refractivity contribution is 5.88. The lowest BCUT2D eigenvalue weighted by molar-refractivity contribution is 0.249. The van der Waals surface area contributed by atoms with Gasteiger partial charge in [-0.1, -0.05) is 57.2 Å². The number of nitrogens with zero attached hydrogens (tertiary/aromatic N) is 3. The lowest BCUT2D eigenvalue weighted by Crippen LogP contribution is -2.54. The van der Waals surface area contributed by atoms with E-state index in [1.54, 1.807) is 0 Å². The number of anilines is 4. The van der Waals surface area contributed by atoms with Gasteiger partial charge in [-0.15, -0.1) is 13.2 Å². The number of para-hydroxylation sites is 2. The van der Waals surface area contributed by atoms with Gasteiger partial charge in [-0.2, -0.15) is 0 Å². The third-order valence-electron chi connectivity index (χ3n) is 6.78. The van der Waals surface area contributed by atoms with Crippen LogP contribution in [0.4, 0.5) is 22.9 Å². The topological polar surface area (TPSA) is 19.4 Å². The van der Waals surface area contributed by atoms with Gasteiger partial charge in [0.1, 0.15) is 6.17 Å². The van der Waals surface area contributed by atoms with Crippen molar-refractivity contribution in [3.63, 3.8) is 0 Å². The van der Waals surface area contributed by atoms with Crippen molar-refractivity contribution < 1.29 is 0 Å². The zero-order valence-electron chi connectivity index (χ0n) is 17.5. The van der Waals surface area contributed by atoms with E-state index in [4.69, 9.17) is 4.98 Å². The molecule has 0 radical (unpaired) electrons. The maximum Gasteiger partial charge on any atom is 0.158 e. The number of hydrogen-bond acceptors (Lipinski definition) is 3. The van der Waals surface area contributed by atoms with Gasteiger partial charge in [-0.25, -0.2) is 4.98 Å². The second kappa shape index (κ2) is 7.40. The summed E-state index contributed by atoms with van der Waals surface area (Å²) in [6.45, 7) is 13.1. The van der Waals surface area contributed by atoms with E-state index in [9.17, 15) is 0 Å². The van der Waals surface area contributed by atoms with Gasteiger partial charge in [0.2, 0.25) is 0 Å². The van der Waals surface area contributed by atoms with Crippen LogP contribution in [0.15, 0.2) is 86.1 Å². The smallest absolute Gasteiger partial charge is 0.158 e. The average molecular weight is 384 g/mol. The first-order valence-corrected chi connectivity index (χ1v) is 10.3. The Morgan fingerprint density at radius 3 is 2.28 bits per heavy atom. The van der Waals surface area contributed by atoms with Gasteiger partial charge in [0.15, 0.2) is 5.82 Å². The minimum absolute atomic E-state index is 0.118. The van der Waals surface area contributed by atoms with Crippen molar-refractivity contribution in [3.8, 4) is 0 Å². The molecule has 2 aromatic carbocycles. The molecule has 1 aromatic heterocycles. The molecule has 0 saturated carbocycles.